The van der Waals surface area contributed by atoms with Gasteiger partial charge in [-0.15, -0.1) is 0 Å². The van der Waals surface area contributed by atoms with Gasteiger partial charge in [0.15, 0.2) is 0 Å². The van der Waals surface area contributed by atoms with E-state index in [9.17, 15) is 14.9 Å². The number of hydrogen-bond donors (Lipinski definition) is 0. The highest BCUT2D eigenvalue weighted by Gasteiger charge is 2.36. The molecule has 12 heteroatoms. The maximum Gasteiger partial charge on any atom is 0.410 e. The predicted octanol–water partition coefficient (Wildman–Crippen LogP) is 3.98. The van der Waals surface area contributed by atoms with Crippen molar-refractivity contribution in [3.8, 4) is 12.1 Å². The van der Waals surface area contributed by atoms with E-state index in [0.29, 0.717) is 45.2 Å². The van der Waals surface area contributed by atoms with Crippen LogP contribution in [0.15, 0.2) is 30.3 Å². The number of rotatable bonds is 7. The topological polar surface area (TPSA) is 124 Å². The minimum absolute atomic E-state index is 0.161. The molecule has 44 heavy (non-hydrogen) atoms. The number of carbonyl (C=O) groups is 2. The molecule has 1 aromatic heterocycles. The van der Waals surface area contributed by atoms with Crippen LogP contribution in [0.25, 0.3) is 0 Å². The standard InChI is InChI=1S/C32H43N7O5/c1-32(2,3)44-30(40)38-16-13-26-27(20-38)34-29(42-22-25-11-8-15-36(25)4)35-28(26)37-17-18-39(24(19-37)12-14-33)31(41)43-21-23-9-6-5-7-10-23/h5-7,9-10,24-25H,8,11-13,15-22H2,1-4H3/t24?,25-/m0/s1. The van der Waals surface area contributed by atoms with Crippen molar-refractivity contribution in [3.63, 3.8) is 0 Å². The predicted molar refractivity (Wildman–Crippen MR) is 163 cm³/mol. The van der Waals surface area contributed by atoms with E-state index >= 15 is 0 Å². The Kier molecular flexibility index (Phi) is 9.74. The molecule has 0 radical (unpaired) electrons. The molecule has 2 aromatic rings. The summed E-state index contributed by atoms with van der Waals surface area (Å²) in [5.41, 5.74) is 1.98. The number of nitriles is 1. The normalized spacial score (nSPS) is 20.6. The molecule has 1 aromatic carbocycles. The molecule has 12 nitrogen and oxygen atoms in total. The highest BCUT2D eigenvalue weighted by atomic mass is 16.6. The van der Waals surface area contributed by atoms with E-state index < -0.39 is 11.7 Å². The molecule has 0 spiro atoms. The molecule has 2 fully saturated rings. The van der Waals surface area contributed by atoms with Crippen LogP contribution in [0.2, 0.25) is 0 Å². The number of hydrogen-bond acceptors (Lipinski definition) is 10. The van der Waals surface area contributed by atoms with Crippen LogP contribution in [0.3, 0.4) is 0 Å². The summed E-state index contributed by atoms with van der Waals surface area (Å²) < 4.78 is 17.4. The fourth-order valence-electron chi connectivity index (χ4n) is 5.93. The molecule has 5 rings (SSSR count). The maximum atomic E-state index is 13.1. The lowest BCUT2D eigenvalue weighted by Crippen LogP contribution is -2.56. The SMILES string of the molecule is CN1CCC[C@H]1COc1nc2c(c(N3CCN(C(=O)OCc4ccccc4)C(CC#N)C3)n1)CCN(C(=O)OC(C)(C)C)C2. The molecule has 2 saturated heterocycles. The van der Waals surface area contributed by atoms with Crippen molar-refractivity contribution in [2.24, 2.45) is 0 Å². The van der Waals surface area contributed by atoms with E-state index in [1.54, 1.807) is 9.80 Å². The molecule has 0 saturated carbocycles. The number of likely N-dealkylation sites (N-methyl/N-ethyl adjacent to an activating group) is 1. The number of nitrogens with zero attached hydrogens (tertiary/aromatic N) is 7. The highest BCUT2D eigenvalue weighted by molar-refractivity contribution is 5.70. The van der Waals surface area contributed by atoms with Crippen LogP contribution in [0.1, 0.15) is 56.9 Å². The van der Waals surface area contributed by atoms with Crippen LogP contribution in [0.4, 0.5) is 15.4 Å². The first-order valence-corrected chi connectivity index (χ1v) is 15.4. The largest absolute Gasteiger partial charge is 0.462 e. The Morgan fingerprint density at radius 1 is 1.05 bits per heavy atom. The van der Waals surface area contributed by atoms with Gasteiger partial charge in [-0.3, -0.25) is 0 Å². The van der Waals surface area contributed by atoms with E-state index in [0.717, 1.165) is 42.0 Å². The zero-order valence-electron chi connectivity index (χ0n) is 26.2. The third kappa shape index (κ3) is 7.69. The van der Waals surface area contributed by atoms with Crippen molar-refractivity contribution in [2.75, 3.05) is 51.3 Å². The van der Waals surface area contributed by atoms with Gasteiger partial charge in [-0.1, -0.05) is 30.3 Å². The number of likely N-dealkylation sites (tertiary alicyclic amines) is 1. The van der Waals surface area contributed by atoms with E-state index in [4.69, 9.17) is 24.2 Å². The molecule has 0 bridgehead atoms. The minimum atomic E-state index is -0.604. The van der Waals surface area contributed by atoms with E-state index in [1.165, 1.54) is 0 Å². The molecule has 3 aliphatic rings. The summed E-state index contributed by atoms with van der Waals surface area (Å²) in [6, 6.07) is 12.0. The average molecular weight is 606 g/mol. The lowest BCUT2D eigenvalue weighted by molar-refractivity contribution is 0.0220. The van der Waals surface area contributed by atoms with Gasteiger partial charge in [-0.05, 0) is 59.2 Å². The van der Waals surface area contributed by atoms with Gasteiger partial charge in [-0.25, -0.2) is 9.59 Å². The summed E-state index contributed by atoms with van der Waals surface area (Å²) in [6.45, 7) is 9.29. The van der Waals surface area contributed by atoms with Crippen molar-refractivity contribution in [2.45, 2.75) is 77.3 Å². The Hall–Kier alpha value is -4.11. The quantitative estimate of drug-likeness (QED) is 0.458. The van der Waals surface area contributed by atoms with Gasteiger partial charge in [0.05, 0.1) is 30.8 Å². The van der Waals surface area contributed by atoms with Crippen molar-refractivity contribution in [1.29, 1.82) is 5.26 Å². The van der Waals surface area contributed by atoms with Crippen LogP contribution in [-0.4, -0.2) is 101 Å². The van der Waals surface area contributed by atoms with Crippen LogP contribution in [0, 0.1) is 11.3 Å². The third-order valence-corrected chi connectivity index (χ3v) is 8.30. The van der Waals surface area contributed by atoms with Crippen molar-refractivity contribution in [1.82, 2.24) is 24.7 Å². The smallest absolute Gasteiger partial charge is 0.410 e. The minimum Gasteiger partial charge on any atom is -0.462 e. The van der Waals surface area contributed by atoms with Crippen LogP contribution in [0.5, 0.6) is 6.01 Å². The zero-order chi connectivity index (χ0) is 31.3. The molecule has 4 heterocycles. The summed E-state index contributed by atoms with van der Waals surface area (Å²) in [6.07, 6.45) is 2.08. The fourth-order valence-corrected chi connectivity index (χ4v) is 5.93. The van der Waals surface area contributed by atoms with E-state index in [1.807, 2.05) is 51.1 Å². The number of piperazine rings is 1. The van der Waals surface area contributed by atoms with Crippen LogP contribution in [-0.2, 0) is 29.0 Å². The Bertz CT molecular complexity index is 1360. The van der Waals surface area contributed by atoms with Crippen molar-refractivity contribution in [3.05, 3.63) is 47.2 Å². The number of fused-ring (bicyclic) bond motifs is 1. The first kappa shape index (κ1) is 31.3. The molecule has 2 amide bonds. The Morgan fingerprint density at radius 2 is 1.84 bits per heavy atom. The molecule has 2 atom stereocenters. The Balaban J connectivity index is 1.35. The molecule has 0 aliphatic carbocycles. The molecule has 236 valence electrons. The monoisotopic (exact) mass is 605 g/mol. The van der Waals surface area contributed by atoms with Gasteiger partial charge in [0.2, 0.25) is 0 Å². The number of carbonyl (C=O) groups excluding carboxylic acids is 2. The highest BCUT2D eigenvalue weighted by Crippen LogP contribution is 2.31. The number of anilines is 1. The van der Waals surface area contributed by atoms with Gasteiger partial charge in [-0.2, -0.15) is 15.2 Å². The molecule has 0 N–H and O–H groups in total. The second kappa shape index (κ2) is 13.7. The summed E-state index contributed by atoms with van der Waals surface area (Å²) >= 11 is 0. The van der Waals surface area contributed by atoms with Crippen molar-refractivity contribution < 1.29 is 23.8 Å². The first-order valence-electron chi connectivity index (χ1n) is 15.4. The first-order chi connectivity index (χ1) is 21.1. The molecular weight excluding hydrogens is 562 g/mol. The van der Waals surface area contributed by atoms with E-state index in [-0.39, 0.29) is 37.7 Å². The summed E-state index contributed by atoms with van der Waals surface area (Å²) in [7, 11) is 2.10. The number of amides is 2. The molecule has 3 aliphatic heterocycles. The van der Waals surface area contributed by atoms with E-state index in [2.05, 4.69) is 22.9 Å². The average Bonchev–Trinajstić information content (AvgIpc) is 3.42. The second-order valence-electron chi connectivity index (χ2n) is 12.7. The summed E-state index contributed by atoms with van der Waals surface area (Å²) in [5.74, 6) is 0.730. The van der Waals surface area contributed by atoms with Gasteiger partial charge < -0.3 is 33.8 Å². The molecular formula is C32H43N7O5. The maximum absolute atomic E-state index is 13.1. The van der Waals surface area contributed by atoms with Gasteiger partial charge in [0, 0.05) is 37.8 Å². The van der Waals surface area contributed by atoms with Crippen LogP contribution < -0.4 is 9.64 Å². The van der Waals surface area contributed by atoms with Gasteiger partial charge in [0.25, 0.3) is 0 Å². The lowest BCUT2D eigenvalue weighted by atomic mass is 10.0. The third-order valence-electron chi connectivity index (χ3n) is 8.30. The lowest BCUT2D eigenvalue weighted by Gasteiger charge is -2.41. The number of aromatic nitrogens is 2. The number of benzene rings is 1. The summed E-state index contributed by atoms with van der Waals surface area (Å²) in [5, 5.41) is 9.63. The van der Waals surface area contributed by atoms with Gasteiger partial charge >= 0.3 is 18.2 Å². The molecule has 1 unspecified atom stereocenters. The second-order valence-corrected chi connectivity index (χ2v) is 12.7. The van der Waals surface area contributed by atoms with Crippen molar-refractivity contribution >= 4 is 18.0 Å². The zero-order valence-corrected chi connectivity index (χ0v) is 26.2. The van der Waals surface area contributed by atoms with Crippen LogP contribution >= 0.6 is 0 Å². The Morgan fingerprint density at radius 3 is 2.55 bits per heavy atom. The Labute approximate surface area is 259 Å². The summed E-state index contributed by atoms with van der Waals surface area (Å²) in [4.78, 5) is 43.4. The van der Waals surface area contributed by atoms with Gasteiger partial charge in [0.1, 0.15) is 24.6 Å². The fraction of sp³-hybridized carbons (Fsp3) is 0.594. The number of ether oxygens (including phenoxy) is 3.